The maximum Gasteiger partial charge on any atom is 0.256 e. The van der Waals surface area contributed by atoms with Crippen molar-refractivity contribution >= 4 is 21.4 Å². The summed E-state index contributed by atoms with van der Waals surface area (Å²) in [5, 5.41) is 2.67. The molecule has 0 aromatic carbocycles. The number of H-pyrrole nitrogens is 1. The van der Waals surface area contributed by atoms with Gasteiger partial charge in [0.15, 0.2) is 0 Å². The SMILES string of the molecule is COCc1c[nH]c(=O)c2ccsc12. The van der Waals surface area contributed by atoms with Crippen LogP contribution in [0.25, 0.3) is 10.1 Å². The summed E-state index contributed by atoms with van der Waals surface area (Å²) in [5.74, 6) is 0. The van der Waals surface area contributed by atoms with Crippen LogP contribution in [0, 0.1) is 0 Å². The normalized spacial score (nSPS) is 10.8. The lowest BCUT2D eigenvalue weighted by Gasteiger charge is -1.99. The molecule has 0 fully saturated rings. The number of thiophene rings is 1. The summed E-state index contributed by atoms with van der Waals surface area (Å²) in [6.07, 6.45) is 1.71. The monoisotopic (exact) mass is 195 g/mol. The van der Waals surface area contributed by atoms with Crippen LogP contribution in [0.3, 0.4) is 0 Å². The molecular weight excluding hydrogens is 186 g/mol. The van der Waals surface area contributed by atoms with E-state index in [9.17, 15) is 4.79 Å². The van der Waals surface area contributed by atoms with Gasteiger partial charge in [0.25, 0.3) is 5.56 Å². The molecule has 2 aromatic heterocycles. The highest BCUT2D eigenvalue weighted by atomic mass is 32.1. The Bertz CT molecular complexity index is 472. The largest absolute Gasteiger partial charge is 0.380 e. The standard InChI is InChI=1S/C9H9NO2S/c1-12-5-6-4-10-9(11)7-2-3-13-8(6)7/h2-4H,5H2,1H3,(H,10,11). The molecule has 2 heterocycles. The van der Waals surface area contributed by atoms with Crippen LogP contribution in [0.5, 0.6) is 0 Å². The minimum Gasteiger partial charge on any atom is -0.380 e. The van der Waals surface area contributed by atoms with Crippen molar-refractivity contribution in [3.8, 4) is 0 Å². The predicted molar refractivity (Wildman–Crippen MR) is 53.2 cm³/mol. The number of aromatic amines is 1. The van der Waals surface area contributed by atoms with Gasteiger partial charge in [0.1, 0.15) is 0 Å². The number of hydrogen-bond acceptors (Lipinski definition) is 3. The Morgan fingerprint density at radius 2 is 2.46 bits per heavy atom. The van der Waals surface area contributed by atoms with Gasteiger partial charge in [-0.05, 0) is 11.4 Å². The first-order valence-corrected chi connectivity index (χ1v) is 4.77. The second kappa shape index (κ2) is 3.32. The summed E-state index contributed by atoms with van der Waals surface area (Å²) in [7, 11) is 1.64. The maximum atomic E-state index is 11.3. The van der Waals surface area contributed by atoms with Crippen molar-refractivity contribution in [2.45, 2.75) is 6.61 Å². The molecule has 2 rings (SSSR count). The van der Waals surface area contributed by atoms with Crippen molar-refractivity contribution in [2.24, 2.45) is 0 Å². The summed E-state index contributed by atoms with van der Waals surface area (Å²) >= 11 is 1.57. The number of nitrogens with one attached hydrogen (secondary N) is 1. The van der Waals surface area contributed by atoms with Gasteiger partial charge in [-0.2, -0.15) is 0 Å². The molecule has 0 aliphatic carbocycles. The van der Waals surface area contributed by atoms with E-state index in [1.54, 1.807) is 24.6 Å². The van der Waals surface area contributed by atoms with Gasteiger partial charge in [0.05, 0.1) is 12.0 Å². The molecule has 4 heteroatoms. The zero-order valence-electron chi connectivity index (χ0n) is 7.16. The molecular formula is C9H9NO2S. The highest BCUT2D eigenvalue weighted by molar-refractivity contribution is 7.17. The minimum atomic E-state index is -0.0314. The summed E-state index contributed by atoms with van der Waals surface area (Å²) in [6.45, 7) is 0.536. The van der Waals surface area contributed by atoms with E-state index in [4.69, 9.17) is 4.74 Å². The van der Waals surface area contributed by atoms with Gasteiger partial charge in [-0.25, -0.2) is 0 Å². The lowest BCUT2D eigenvalue weighted by atomic mass is 10.2. The molecule has 0 aliphatic rings. The number of ether oxygens (including phenoxy) is 1. The van der Waals surface area contributed by atoms with Gasteiger partial charge in [-0.15, -0.1) is 11.3 Å². The van der Waals surface area contributed by atoms with E-state index in [-0.39, 0.29) is 5.56 Å². The van der Waals surface area contributed by atoms with Crippen molar-refractivity contribution in [3.63, 3.8) is 0 Å². The summed E-state index contributed by atoms with van der Waals surface area (Å²) in [5.41, 5.74) is 1.00. The molecule has 3 nitrogen and oxygen atoms in total. The first-order chi connectivity index (χ1) is 6.33. The van der Waals surface area contributed by atoms with Crippen LogP contribution in [0.2, 0.25) is 0 Å². The van der Waals surface area contributed by atoms with Crippen molar-refractivity contribution in [2.75, 3.05) is 7.11 Å². The molecule has 0 radical (unpaired) electrons. The molecule has 0 saturated heterocycles. The van der Waals surface area contributed by atoms with Crippen LogP contribution in [0.4, 0.5) is 0 Å². The molecule has 0 atom stereocenters. The third-order valence-corrected chi connectivity index (χ3v) is 2.87. The molecule has 0 bridgehead atoms. The van der Waals surface area contributed by atoms with Crippen LogP contribution in [-0.2, 0) is 11.3 Å². The number of aromatic nitrogens is 1. The van der Waals surface area contributed by atoms with Gasteiger partial charge in [0, 0.05) is 23.6 Å². The van der Waals surface area contributed by atoms with Crippen molar-refractivity contribution in [1.82, 2.24) is 4.98 Å². The maximum absolute atomic E-state index is 11.3. The van der Waals surface area contributed by atoms with Crippen LogP contribution >= 0.6 is 11.3 Å². The van der Waals surface area contributed by atoms with Crippen LogP contribution in [-0.4, -0.2) is 12.1 Å². The number of pyridine rings is 1. The van der Waals surface area contributed by atoms with E-state index < -0.39 is 0 Å². The first-order valence-electron chi connectivity index (χ1n) is 3.89. The van der Waals surface area contributed by atoms with E-state index in [0.29, 0.717) is 6.61 Å². The molecule has 0 amide bonds. The lowest BCUT2D eigenvalue weighted by molar-refractivity contribution is 0.186. The Kier molecular flexibility index (Phi) is 2.16. The molecule has 0 aliphatic heterocycles. The topological polar surface area (TPSA) is 42.1 Å². The number of hydrogen-bond donors (Lipinski definition) is 1. The smallest absolute Gasteiger partial charge is 0.256 e. The number of rotatable bonds is 2. The highest BCUT2D eigenvalue weighted by Gasteiger charge is 2.04. The quantitative estimate of drug-likeness (QED) is 0.793. The van der Waals surface area contributed by atoms with E-state index in [0.717, 1.165) is 15.6 Å². The highest BCUT2D eigenvalue weighted by Crippen LogP contribution is 2.21. The molecule has 68 valence electrons. The van der Waals surface area contributed by atoms with Crippen LogP contribution in [0.15, 0.2) is 22.4 Å². The molecule has 13 heavy (non-hydrogen) atoms. The van der Waals surface area contributed by atoms with E-state index in [1.165, 1.54) is 0 Å². The summed E-state index contributed by atoms with van der Waals surface area (Å²) in [4.78, 5) is 14.0. The van der Waals surface area contributed by atoms with Gasteiger partial charge in [0.2, 0.25) is 0 Å². The molecule has 1 N–H and O–H groups in total. The summed E-state index contributed by atoms with van der Waals surface area (Å²) in [6, 6.07) is 1.83. The second-order valence-electron chi connectivity index (χ2n) is 2.74. The van der Waals surface area contributed by atoms with Crippen LogP contribution < -0.4 is 5.56 Å². The molecule has 2 aromatic rings. The van der Waals surface area contributed by atoms with E-state index >= 15 is 0 Å². The summed E-state index contributed by atoms with van der Waals surface area (Å²) < 4.78 is 6.05. The Labute approximate surface area is 79.0 Å². The average Bonchev–Trinajstić information content (AvgIpc) is 2.59. The molecule has 0 spiro atoms. The Morgan fingerprint density at radius 1 is 1.62 bits per heavy atom. The fourth-order valence-electron chi connectivity index (χ4n) is 1.30. The van der Waals surface area contributed by atoms with Gasteiger partial charge < -0.3 is 9.72 Å². The Balaban J connectivity index is 2.71. The van der Waals surface area contributed by atoms with Gasteiger partial charge in [-0.1, -0.05) is 0 Å². The van der Waals surface area contributed by atoms with Gasteiger partial charge >= 0.3 is 0 Å². The van der Waals surface area contributed by atoms with Crippen molar-refractivity contribution in [3.05, 3.63) is 33.6 Å². The van der Waals surface area contributed by atoms with Gasteiger partial charge in [-0.3, -0.25) is 4.79 Å². The minimum absolute atomic E-state index is 0.0314. The first kappa shape index (κ1) is 8.47. The number of fused-ring (bicyclic) bond motifs is 1. The number of methoxy groups -OCH3 is 1. The molecule has 0 saturated carbocycles. The lowest BCUT2D eigenvalue weighted by Crippen LogP contribution is -2.05. The Morgan fingerprint density at radius 3 is 3.23 bits per heavy atom. The molecule has 0 unspecified atom stereocenters. The zero-order valence-corrected chi connectivity index (χ0v) is 7.98. The predicted octanol–water partition coefficient (Wildman–Crippen LogP) is 1.74. The van der Waals surface area contributed by atoms with Crippen molar-refractivity contribution in [1.29, 1.82) is 0 Å². The fourth-order valence-corrected chi connectivity index (χ4v) is 2.19. The second-order valence-corrected chi connectivity index (χ2v) is 3.66. The Hall–Kier alpha value is -1.13. The fraction of sp³-hybridized carbons (Fsp3) is 0.222. The third-order valence-electron chi connectivity index (χ3n) is 1.88. The zero-order chi connectivity index (χ0) is 9.26. The van der Waals surface area contributed by atoms with E-state index in [1.807, 2.05) is 11.4 Å². The van der Waals surface area contributed by atoms with E-state index in [2.05, 4.69) is 4.98 Å². The van der Waals surface area contributed by atoms with Crippen molar-refractivity contribution < 1.29 is 4.74 Å². The third kappa shape index (κ3) is 1.38. The van der Waals surface area contributed by atoms with Crippen LogP contribution in [0.1, 0.15) is 5.56 Å². The average molecular weight is 195 g/mol.